The van der Waals surface area contributed by atoms with Crippen molar-refractivity contribution in [3.8, 4) is 0 Å². The van der Waals surface area contributed by atoms with Crippen molar-refractivity contribution in [1.29, 1.82) is 0 Å². The minimum absolute atomic E-state index is 0.0872. The smallest absolute Gasteiger partial charge is 0.261 e. The minimum atomic E-state index is -3.70. The lowest BCUT2D eigenvalue weighted by molar-refractivity contribution is 0.182. The van der Waals surface area contributed by atoms with Crippen LogP contribution in [0.25, 0.3) is 0 Å². The highest BCUT2D eigenvalue weighted by molar-refractivity contribution is 9.10. The van der Waals surface area contributed by atoms with Gasteiger partial charge >= 0.3 is 0 Å². The summed E-state index contributed by atoms with van der Waals surface area (Å²) in [5.74, 6) is 0. The molecule has 6 heteroatoms. The summed E-state index contributed by atoms with van der Waals surface area (Å²) in [6.07, 6.45) is 0. The van der Waals surface area contributed by atoms with Gasteiger partial charge in [0.15, 0.2) is 0 Å². The first kappa shape index (κ1) is 12.0. The number of benzene rings is 1. The van der Waals surface area contributed by atoms with Gasteiger partial charge in [0, 0.05) is 22.3 Å². The van der Waals surface area contributed by atoms with Crippen LogP contribution in [-0.4, -0.2) is 15.5 Å². The van der Waals surface area contributed by atoms with Gasteiger partial charge in [-0.3, -0.25) is 0 Å². The Kier molecular flexibility index (Phi) is 3.94. The fraction of sp³-hybridized carbons (Fsp3) is 0.250. The highest BCUT2D eigenvalue weighted by atomic mass is 79.9. The third kappa shape index (κ3) is 2.95. The zero-order chi connectivity index (χ0) is 10.8. The number of halogens is 2. The molecule has 0 aliphatic carbocycles. The van der Waals surface area contributed by atoms with Gasteiger partial charge < -0.3 is 4.74 Å². The van der Waals surface area contributed by atoms with Gasteiger partial charge in [0.2, 0.25) is 0 Å². The summed E-state index contributed by atoms with van der Waals surface area (Å²) in [5, 5.41) is 0. The van der Waals surface area contributed by atoms with Crippen molar-refractivity contribution in [2.24, 2.45) is 0 Å². The molecule has 1 rings (SSSR count). The number of hydrogen-bond donors (Lipinski definition) is 0. The van der Waals surface area contributed by atoms with Gasteiger partial charge in [-0.15, -0.1) is 0 Å². The van der Waals surface area contributed by atoms with E-state index in [-0.39, 0.29) is 11.5 Å². The first-order chi connectivity index (χ1) is 6.45. The Morgan fingerprint density at radius 1 is 1.50 bits per heavy atom. The molecule has 3 nitrogen and oxygen atoms in total. The molecular formula is C8H8BrClO3S. The molecule has 1 aromatic carbocycles. The van der Waals surface area contributed by atoms with E-state index in [1.165, 1.54) is 13.2 Å². The quantitative estimate of drug-likeness (QED) is 0.806. The molecule has 0 radical (unpaired) electrons. The summed E-state index contributed by atoms with van der Waals surface area (Å²) in [7, 11) is 3.04. The van der Waals surface area contributed by atoms with Gasteiger partial charge in [0.1, 0.15) is 0 Å². The highest BCUT2D eigenvalue weighted by Crippen LogP contribution is 2.24. The second-order valence-electron chi connectivity index (χ2n) is 2.62. The molecule has 0 aliphatic heterocycles. The third-order valence-electron chi connectivity index (χ3n) is 1.59. The molecule has 0 saturated heterocycles. The second-order valence-corrected chi connectivity index (χ2v) is 6.07. The predicted molar refractivity (Wildman–Crippen MR) is 57.9 cm³/mol. The third-order valence-corrected chi connectivity index (χ3v) is 3.50. The van der Waals surface area contributed by atoms with E-state index in [9.17, 15) is 8.42 Å². The normalized spacial score (nSPS) is 11.6. The van der Waals surface area contributed by atoms with Gasteiger partial charge in [-0.2, -0.15) is 0 Å². The van der Waals surface area contributed by atoms with Gasteiger partial charge in [-0.1, -0.05) is 15.9 Å². The first-order valence-corrected chi connectivity index (χ1v) is 6.77. The zero-order valence-electron chi connectivity index (χ0n) is 7.33. The average Bonchev–Trinajstić information content (AvgIpc) is 2.02. The van der Waals surface area contributed by atoms with E-state index in [1.807, 2.05) is 0 Å². The van der Waals surface area contributed by atoms with Crippen molar-refractivity contribution in [1.82, 2.24) is 0 Å². The van der Waals surface area contributed by atoms with E-state index in [2.05, 4.69) is 15.9 Å². The van der Waals surface area contributed by atoms with Crippen LogP contribution in [0.3, 0.4) is 0 Å². The summed E-state index contributed by atoms with van der Waals surface area (Å²) in [4.78, 5) is 0.0872. The van der Waals surface area contributed by atoms with Crippen molar-refractivity contribution in [3.05, 3.63) is 28.2 Å². The molecular weight excluding hydrogens is 292 g/mol. The summed E-state index contributed by atoms with van der Waals surface area (Å²) < 4.78 is 27.9. The largest absolute Gasteiger partial charge is 0.380 e. The average molecular weight is 300 g/mol. The molecule has 0 atom stereocenters. The van der Waals surface area contributed by atoms with Crippen LogP contribution in [-0.2, 0) is 20.4 Å². The maximum Gasteiger partial charge on any atom is 0.261 e. The Morgan fingerprint density at radius 2 is 2.14 bits per heavy atom. The molecule has 0 N–H and O–H groups in total. The summed E-state index contributed by atoms with van der Waals surface area (Å²) in [6, 6.07) is 4.73. The minimum Gasteiger partial charge on any atom is -0.380 e. The summed E-state index contributed by atoms with van der Waals surface area (Å²) >= 11 is 3.24. The van der Waals surface area contributed by atoms with E-state index in [0.717, 1.165) is 4.47 Å². The summed E-state index contributed by atoms with van der Waals surface area (Å²) in [5.41, 5.74) is 0.539. The first-order valence-electron chi connectivity index (χ1n) is 3.67. The molecule has 0 heterocycles. The fourth-order valence-corrected chi connectivity index (χ4v) is 2.58. The molecule has 0 amide bonds. The van der Waals surface area contributed by atoms with Gasteiger partial charge in [0.05, 0.1) is 11.5 Å². The van der Waals surface area contributed by atoms with Gasteiger partial charge in [-0.25, -0.2) is 8.42 Å². The Morgan fingerprint density at radius 3 is 2.64 bits per heavy atom. The SMILES string of the molecule is COCc1cc(Br)ccc1S(=O)(=O)Cl. The van der Waals surface area contributed by atoms with Crippen molar-refractivity contribution in [2.45, 2.75) is 11.5 Å². The van der Waals surface area contributed by atoms with E-state index < -0.39 is 9.05 Å². The van der Waals surface area contributed by atoms with E-state index in [1.54, 1.807) is 12.1 Å². The maximum absolute atomic E-state index is 11.1. The Bertz CT molecular complexity index is 430. The van der Waals surface area contributed by atoms with Crippen LogP contribution in [0.15, 0.2) is 27.6 Å². The monoisotopic (exact) mass is 298 g/mol. The number of hydrogen-bond acceptors (Lipinski definition) is 3. The predicted octanol–water partition coefficient (Wildman–Crippen LogP) is 2.52. The molecule has 0 fully saturated rings. The lowest BCUT2D eigenvalue weighted by atomic mass is 10.2. The number of ether oxygens (including phenoxy) is 1. The van der Waals surface area contributed by atoms with Crippen LogP contribution < -0.4 is 0 Å². The van der Waals surface area contributed by atoms with E-state index in [0.29, 0.717) is 5.56 Å². The molecule has 0 aliphatic rings. The zero-order valence-corrected chi connectivity index (χ0v) is 10.5. The van der Waals surface area contributed by atoms with Crippen LogP contribution in [0.5, 0.6) is 0 Å². The number of rotatable bonds is 3. The van der Waals surface area contributed by atoms with Crippen molar-refractivity contribution in [3.63, 3.8) is 0 Å². The maximum atomic E-state index is 11.1. The molecule has 0 spiro atoms. The van der Waals surface area contributed by atoms with Crippen LogP contribution in [0.2, 0.25) is 0 Å². The second kappa shape index (κ2) is 4.61. The molecule has 14 heavy (non-hydrogen) atoms. The summed E-state index contributed by atoms with van der Waals surface area (Å²) in [6.45, 7) is 0.209. The Hall–Kier alpha value is -0.100. The standard InChI is InChI=1S/C8H8BrClO3S/c1-13-5-6-4-7(9)2-3-8(6)14(10,11)12/h2-4H,5H2,1H3. The molecule has 0 unspecified atom stereocenters. The Labute approximate surface area is 95.6 Å². The lowest BCUT2D eigenvalue weighted by Gasteiger charge is -2.05. The lowest BCUT2D eigenvalue weighted by Crippen LogP contribution is -1.99. The number of methoxy groups -OCH3 is 1. The van der Waals surface area contributed by atoms with Crippen molar-refractivity contribution >= 4 is 35.7 Å². The van der Waals surface area contributed by atoms with Crippen LogP contribution >= 0.6 is 26.6 Å². The molecule has 0 bridgehead atoms. The molecule has 0 saturated carbocycles. The van der Waals surface area contributed by atoms with E-state index in [4.69, 9.17) is 15.4 Å². The topological polar surface area (TPSA) is 43.4 Å². The fourth-order valence-electron chi connectivity index (χ4n) is 1.05. The van der Waals surface area contributed by atoms with Gasteiger partial charge in [0.25, 0.3) is 9.05 Å². The van der Waals surface area contributed by atoms with Gasteiger partial charge in [-0.05, 0) is 23.8 Å². The molecule has 1 aromatic rings. The van der Waals surface area contributed by atoms with E-state index >= 15 is 0 Å². The van der Waals surface area contributed by atoms with Crippen molar-refractivity contribution in [2.75, 3.05) is 7.11 Å². The van der Waals surface area contributed by atoms with Crippen molar-refractivity contribution < 1.29 is 13.2 Å². The Balaban J connectivity index is 3.29. The molecule has 78 valence electrons. The molecule has 0 aromatic heterocycles. The highest BCUT2D eigenvalue weighted by Gasteiger charge is 2.15. The van der Waals surface area contributed by atoms with Crippen LogP contribution in [0.4, 0.5) is 0 Å². The van der Waals surface area contributed by atoms with Crippen LogP contribution in [0, 0.1) is 0 Å². The van der Waals surface area contributed by atoms with Crippen LogP contribution in [0.1, 0.15) is 5.56 Å².